The van der Waals surface area contributed by atoms with Crippen LogP contribution in [-0.4, -0.2) is 28.1 Å². The minimum Gasteiger partial charge on any atom is -0.316 e. The van der Waals surface area contributed by atoms with E-state index in [9.17, 15) is 8.42 Å². The van der Waals surface area contributed by atoms with Gasteiger partial charge >= 0.3 is 0 Å². The molecular weight excluding hydrogens is 340 g/mol. The molecule has 1 aliphatic heterocycles. The molecule has 4 nitrogen and oxygen atoms in total. The molecule has 2 N–H and O–H groups in total. The Hall–Kier alpha value is -0.140. The highest BCUT2D eigenvalue weighted by Gasteiger charge is 2.22. The van der Waals surface area contributed by atoms with Crippen LogP contribution in [-0.2, 0) is 10.0 Å². The van der Waals surface area contributed by atoms with Gasteiger partial charge in [0.1, 0.15) is 4.90 Å². The lowest BCUT2D eigenvalue weighted by Crippen LogP contribution is -2.30. The zero-order valence-corrected chi connectivity index (χ0v) is 12.8. The number of sulfonamides is 1. The second kappa shape index (κ2) is 5.88. The van der Waals surface area contributed by atoms with Crippen molar-refractivity contribution in [3.8, 4) is 0 Å². The van der Waals surface area contributed by atoms with Gasteiger partial charge in [-0.05, 0) is 53.5 Å². The van der Waals surface area contributed by atoms with E-state index in [1.165, 1.54) is 6.07 Å². The summed E-state index contributed by atoms with van der Waals surface area (Å²) in [7, 11) is -3.54. The maximum absolute atomic E-state index is 12.1. The molecule has 0 saturated carbocycles. The maximum atomic E-state index is 12.1. The van der Waals surface area contributed by atoms with Gasteiger partial charge in [-0.2, -0.15) is 0 Å². The van der Waals surface area contributed by atoms with Gasteiger partial charge in [-0.3, -0.25) is 0 Å². The highest BCUT2D eigenvalue weighted by atomic mass is 79.9. The van der Waals surface area contributed by atoms with E-state index in [2.05, 4.69) is 26.0 Å². The molecule has 2 rings (SSSR count). The number of rotatable bonds is 4. The first-order chi connectivity index (χ1) is 8.50. The maximum Gasteiger partial charge on any atom is 0.242 e. The first-order valence-corrected chi connectivity index (χ1v) is 8.30. The number of benzene rings is 1. The molecule has 1 saturated heterocycles. The van der Waals surface area contributed by atoms with Gasteiger partial charge in [0.05, 0.1) is 5.02 Å². The highest BCUT2D eigenvalue weighted by Crippen LogP contribution is 2.29. The Morgan fingerprint density at radius 3 is 2.94 bits per heavy atom. The zero-order chi connectivity index (χ0) is 13.2. The van der Waals surface area contributed by atoms with Crippen molar-refractivity contribution in [2.75, 3.05) is 19.6 Å². The lowest BCUT2D eigenvalue weighted by molar-refractivity contribution is 0.539. The third-order valence-corrected chi connectivity index (χ3v) is 5.80. The molecule has 1 unspecified atom stereocenters. The van der Waals surface area contributed by atoms with Crippen LogP contribution in [0.1, 0.15) is 6.42 Å². The van der Waals surface area contributed by atoms with Crippen LogP contribution in [0, 0.1) is 5.92 Å². The Bertz CT molecular complexity index is 530. The summed E-state index contributed by atoms with van der Waals surface area (Å²) in [6.45, 7) is 2.25. The quantitative estimate of drug-likeness (QED) is 0.870. The van der Waals surface area contributed by atoms with E-state index >= 15 is 0 Å². The van der Waals surface area contributed by atoms with E-state index in [1.807, 2.05) is 0 Å². The third-order valence-electron chi connectivity index (χ3n) is 2.93. The highest BCUT2D eigenvalue weighted by molar-refractivity contribution is 9.10. The summed E-state index contributed by atoms with van der Waals surface area (Å²) in [6.07, 6.45) is 0.995. The molecule has 1 aromatic rings. The van der Waals surface area contributed by atoms with Crippen molar-refractivity contribution in [3.05, 3.63) is 27.7 Å². The Morgan fingerprint density at radius 1 is 1.50 bits per heavy atom. The zero-order valence-electron chi connectivity index (χ0n) is 9.62. The van der Waals surface area contributed by atoms with Crippen LogP contribution in [0.4, 0.5) is 0 Å². The monoisotopic (exact) mass is 352 g/mol. The van der Waals surface area contributed by atoms with Crippen molar-refractivity contribution in [2.24, 2.45) is 5.92 Å². The van der Waals surface area contributed by atoms with Gasteiger partial charge in [-0.25, -0.2) is 13.1 Å². The van der Waals surface area contributed by atoms with Crippen molar-refractivity contribution in [1.29, 1.82) is 0 Å². The molecule has 0 radical (unpaired) electrons. The summed E-state index contributed by atoms with van der Waals surface area (Å²) in [6, 6.07) is 4.87. The number of halogens is 2. The number of hydrogen-bond donors (Lipinski definition) is 2. The lowest BCUT2D eigenvalue weighted by atomic mass is 10.1. The van der Waals surface area contributed by atoms with Gasteiger partial charge < -0.3 is 5.32 Å². The fraction of sp³-hybridized carbons (Fsp3) is 0.455. The molecular formula is C11H14BrClN2O2S. The van der Waals surface area contributed by atoms with Gasteiger partial charge in [0.2, 0.25) is 10.0 Å². The van der Waals surface area contributed by atoms with Crippen molar-refractivity contribution in [1.82, 2.24) is 10.0 Å². The Morgan fingerprint density at radius 2 is 2.28 bits per heavy atom. The van der Waals surface area contributed by atoms with Crippen molar-refractivity contribution in [3.63, 3.8) is 0 Å². The van der Waals surface area contributed by atoms with E-state index in [-0.39, 0.29) is 9.92 Å². The minimum absolute atomic E-state index is 0.115. The Labute approximate surface area is 120 Å². The molecule has 18 heavy (non-hydrogen) atoms. The van der Waals surface area contributed by atoms with Gasteiger partial charge in [0, 0.05) is 11.0 Å². The van der Waals surface area contributed by atoms with Crippen molar-refractivity contribution in [2.45, 2.75) is 11.3 Å². The number of nitrogens with one attached hydrogen (secondary N) is 2. The predicted octanol–water partition coefficient (Wildman–Crippen LogP) is 1.99. The lowest BCUT2D eigenvalue weighted by Gasteiger charge is -2.12. The van der Waals surface area contributed by atoms with Gasteiger partial charge in [0.25, 0.3) is 0 Å². The van der Waals surface area contributed by atoms with Gasteiger partial charge in [0.15, 0.2) is 0 Å². The van der Waals surface area contributed by atoms with Crippen LogP contribution in [0.25, 0.3) is 0 Å². The fourth-order valence-corrected chi connectivity index (χ4v) is 4.03. The van der Waals surface area contributed by atoms with Crippen LogP contribution in [0.3, 0.4) is 0 Å². The Kier molecular flexibility index (Phi) is 4.66. The first kappa shape index (κ1) is 14.3. The third kappa shape index (κ3) is 3.24. The van der Waals surface area contributed by atoms with E-state index in [0.29, 0.717) is 16.9 Å². The molecule has 0 aromatic heterocycles. The molecule has 1 atom stereocenters. The largest absolute Gasteiger partial charge is 0.316 e. The summed E-state index contributed by atoms with van der Waals surface area (Å²) in [5, 5.41) is 3.42. The standard InChI is InChI=1S/C11H14BrClN2O2S/c12-9-2-1-3-10(11(9)13)18(16,17)15-7-8-4-5-14-6-8/h1-3,8,14-15H,4-7H2. The molecule has 100 valence electrons. The molecule has 0 amide bonds. The van der Waals surface area contributed by atoms with Crippen LogP contribution < -0.4 is 10.0 Å². The molecule has 7 heteroatoms. The minimum atomic E-state index is -3.54. The molecule has 1 aliphatic rings. The van der Waals surface area contributed by atoms with E-state index in [0.717, 1.165) is 19.5 Å². The average molecular weight is 354 g/mol. The summed E-state index contributed by atoms with van der Waals surface area (Å²) >= 11 is 9.22. The second-order valence-corrected chi connectivity index (χ2v) is 7.23. The molecule has 1 aromatic carbocycles. The summed E-state index contributed by atoms with van der Waals surface area (Å²) < 4.78 is 27.4. The molecule has 0 bridgehead atoms. The molecule has 1 fully saturated rings. The fourth-order valence-electron chi connectivity index (χ4n) is 1.89. The summed E-state index contributed by atoms with van der Waals surface area (Å²) in [4.78, 5) is 0.115. The van der Waals surface area contributed by atoms with Crippen LogP contribution >= 0.6 is 27.5 Å². The topological polar surface area (TPSA) is 58.2 Å². The molecule has 1 heterocycles. The molecule has 0 spiro atoms. The van der Waals surface area contributed by atoms with Crippen molar-refractivity contribution >= 4 is 37.6 Å². The van der Waals surface area contributed by atoms with Crippen LogP contribution in [0.15, 0.2) is 27.6 Å². The van der Waals surface area contributed by atoms with Crippen LogP contribution in [0.2, 0.25) is 5.02 Å². The second-order valence-electron chi connectivity index (χ2n) is 4.26. The number of hydrogen-bond acceptors (Lipinski definition) is 3. The average Bonchev–Trinajstić information content (AvgIpc) is 2.83. The summed E-state index contributed by atoms with van der Waals surface area (Å²) in [5.41, 5.74) is 0. The molecule has 0 aliphatic carbocycles. The van der Waals surface area contributed by atoms with Gasteiger partial charge in [-0.15, -0.1) is 0 Å². The van der Waals surface area contributed by atoms with Crippen LogP contribution in [0.5, 0.6) is 0 Å². The van der Waals surface area contributed by atoms with Gasteiger partial charge in [-0.1, -0.05) is 17.7 Å². The SMILES string of the molecule is O=S(=O)(NCC1CCNC1)c1cccc(Br)c1Cl. The van der Waals surface area contributed by atoms with E-state index in [1.54, 1.807) is 12.1 Å². The Balaban J connectivity index is 2.12. The van der Waals surface area contributed by atoms with E-state index in [4.69, 9.17) is 11.6 Å². The smallest absolute Gasteiger partial charge is 0.242 e. The first-order valence-electron chi connectivity index (χ1n) is 5.65. The summed E-state index contributed by atoms with van der Waals surface area (Å²) in [5.74, 6) is 0.353. The normalized spacial score (nSPS) is 20.2. The predicted molar refractivity (Wildman–Crippen MR) is 75.3 cm³/mol. The van der Waals surface area contributed by atoms with Crippen molar-refractivity contribution < 1.29 is 8.42 Å². The van der Waals surface area contributed by atoms with E-state index < -0.39 is 10.0 Å².